The van der Waals surface area contributed by atoms with Crippen molar-refractivity contribution >= 4 is 11.6 Å². The molecule has 0 amide bonds. The second-order valence-corrected chi connectivity index (χ2v) is 9.16. The molecule has 0 radical (unpaired) electrons. The summed E-state index contributed by atoms with van der Waals surface area (Å²) >= 11 is 0. The van der Waals surface area contributed by atoms with Crippen LogP contribution in [0.1, 0.15) is 13.8 Å². The number of carbonyl (C=O) groups is 2. The van der Waals surface area contributed by atoms with Gasteiger partial charge in [-0.1, -0.05) is 38.2 Å². The minimum atomic E-state index is -2.55. The molecule has 4 bridgehead atoms. The van der Waals surface area contributed by atoms with Gasteiger partial charge < -0.3 is 30.3 Å². The number of ketones is 2. The fourth-order valence-electron chi connectivity index (χ4n) is 6.34. The van der Waals surface area contributed by atoms with Gasteiger partial charge in [0.1, 0.15) is 17.3 Å². The Bertz CT molecular complexity index is 836. The second-order valence-electron chi connectivity index (χ2n) is 9.16. The number of aliphatic hydroxyl groups is 5. The summed E-state index contributed by atoms with van der Waals surface area (Å²) in [5.41, 5.74) is -4.09. The van der Waals surface area contributed by atoms with Gasteiger partial charge in [0.15, 0.2) is 11.6 Å². The summed E-state index contributed by atoms with van der Waals surface area (Å²) in [4.78, 5) is 26.2. The van der Waals surface area contributed by atoms with E-state index < -0.39 is 76.5 Å². The number of hydrogen-bond donors (Lipinski definition) is 5. The maximum atomic E-state index is 13.1. The molecule has 0 aromatic rings. The molecule has 1 heterocycles. The first kappa shape index (κ1) is 18.6. The molecule has 1 aliphatic heterocycles. The monoisotopic (exact) mass is 392 g/mol. The third-order valence-electron chi connectivity index (χ3n) is 7.80. The van der Waals surface area contributed by atoms with Gasteiger partial charge in [-0.15, -0.1) is 0 Å². The molecule has 4 aliphatic carbocycles. The molecule has 12 atom stereocenters. The second kappa shape index (κ2) is 5.19. The summed E-state index contributed by atoms with van der Waals surface area (Å²) < 4.78 is 5.62. The van der Waals surface area contributed by atoms with Crippen LogP contribution in [-0.4, -0.2) is 72.4 Å². The van der Waals surface area contributed by atoms with E-state index in [-0.39, 0.29) is 5.92 Å². The molecular weight excluding hydrogens is 368 g/mol. The SMILES string of the molecule is C[C@@H]1C=C[C@@]2(O)[C@H](O)[C@@H]1C(=O)[C@]1(O)O[C@H]3C(=O)[C@@H]4[C@H](C)C=C[C@](O)([C@H]3[C@H]21)[C@@H]4O. The lowest BCUT2D eigenvalue weighted by atomic mass is 9.50. The maximum absolute atomic E-state index is 13.1. The summed E-state index contributed by atoms with van der Waals surface area (Å²) in [6.45, 7) is 3.40. The number of allylic oxidation sites excluding steroid dienone is 2. The molecule has 0 aromatic carbocycles. The highest BCUT2D eigenvalue weighted by Gasteiger charge is 2.79. The highest BCUT2D eigenvalue weighted by Crippen LogP contribution is 2.62. The number of fused-ring (bicyclic) bond motifs is 9. The van der Waals surface area contributed by atoms with E-state index in [9.17, 15) is 35.1 Å². The van der Waals surface area contributed by atoms with Gasteiger partial charge in [-0.25, -0.2) is 0 Å². The van der Waals surface area contributed by atoms with Gasteiger partial charge in [-0.3, -0.25) is 9.59 Å². The van der Waals surface area contributed by atoms with Crippen molar-refractivity contribution in [2.75, 3.05) is 0 Å². The lowest BCUT2D eigenvalue weighted by Crippen LogP contribution is -2.74. The van der Waals surface area contributed by atoms with Crippen LogP contribution in [-0.2, 0) is 14.3 Å². The van der Waals surface area contributed by atoms with E-state index in [2.05, 4.69) is 0 Å². The predicted molar refractivity (Wildman–Crippen MR) is 92.3 cm³/mol. The summed E-state index contributed by atoms with van der Waals surface area (Å²) in [6, 6.07) is 0. The van der Waals surface area contributed by atoms with E-state index >= 15 is 0 Å². The van der Waals surface area contributed by atoms with Gasteiger partial charge in [0, 0.05) is 5.92 Å². The number of carbonyl (C=O) groups excluding carboxylic acids is 2. The Hall–Kier alpha value is -1.42. The van der Waals surface area contributed by atoms with Crippen molar-refractivity contribution in [2.45, 2.75) is 49.1 Å². The topological polar surface area (TPSA) is 145 Å². The van der Waals surface area contributed by atoms with Gasteiger partial charge in [-0.2, -0.15) is 0 Å². The number of Topliss-reactive ketones (excluding diaryl/α,β-unsaturated/α-hetero) is 2. The Labute approximate surface area is 161 Å². The van der Waals surface area contributed by atoms with Gasteiger partial charge in [0.25, 0.3) is 0 Å². The third-order valence-corrected chi connectivity index (χ3v) is 7.80. The minimum Gasteiger partial charge on any atom is -0.389 e. The van der Waals surface area contributed by atoms with E-state index in [1.54, 1.807) is 26.0 Å². The number of ether oxygens (including phenoxy) is 1. The van der Waals surface area contributed by atoms with Gasteiger partial charge >= 0.3 is 0 Å². The quantitative estimate of drug-likeness (QED) is 0.307. The van der Waals surface area contributed by atoms with E-state index in [1.807, 2.05) is 0 Å². The highest BCUT2D eigenvalue weighted by atomic mass is 16.6. The van der Waals surface area contributed by atoms with E-state index in [0.717, 1.165) is 0 Å². The van der Waals surface area contributed by atoms with Crippen molar-refractivity contribution in [1.29, 1.82) is 0 Å². The van der Waals surface area contributed by atoms with E-state index in [0.29, 0.717) is 0 Å². The molecule has 5 aliphatic rings. The first-order chi connectivity index (χ1) is 13.0. The molecule has 5 N–H and O–H groups in total. The molecule has 5 rings (SSSR count). The van der Waals surface area contributed by atoms with Crippen molar-refractivity contribution in [3.8, 4) is 0 Å². The van der Waals surface area contributed by atoms with Crippen LogP contribution in [0.3, 0.4) is 0 Å². The maximum Gasteiger partial charge on any atom is 0.234 e. The largest absolute Gasteiger partial charge is 0.389 e. The summed E-state index contributed by atoms with van der Waals surface area (Å²) in [6.07, 6.45) is 1.46. The van der Waals surface area contributed by atoms with Crippen LogP contribution in [0.2, 0.25) is 0 Å². The van der Waals surface area contributed by atoms with Crippen LogP contribution in [0.25, 0.3) is 0 Å². The Morgan fingerprint density at radius 3 is 2.07 bits per heavy atom. The van der Waals surface area contributed by atoms with Crippen LogP contribution < -0.4 is 0 Å². The van der Waals surface area contributed by atoms with Crippen LogP contribution in [0.4, 0.5) is 0 Å². The van der Waals surface area contributed by atoms with Crippen molar-refractivity contribution in [3.05, 3.63) is 24.3 Å². The molecular formula is C20H24O8. The number of hydrogen-bond acceptors (Lipinski definition) is 8. The van der Waals surface area contributed by atoms with Crippen LogP contribution >= 0.6 is 0 Å². The Morgan fingerprint density at radius 1 is 0.893 bits per heavy atom. The average molecular weight is 392 g/mol. The zero-order chi connectivity index (χ0) is 20.4. The van der Waals surface area contributed by atoms with Crippen molar-refractivity contribution in [1.82, 2.24) is 0 Å². The molecule has 28 heavy (non-hydrogen) atoms. The van der Waals surface area contributed by atoms with E-state index in [4.69, 9.17) is 4.74 Å². The van der Waals surface area contributed by atoms with Crippen molar-refractivity contribution < 1.29 is 39.9 Å². The zero-order valence-electron chi connectivity index (χ0n) is 15.5. The molecule has 8 nitrogen and oxygen atoms in total. The van der Waals surface area contributed by atoms with Crippen LogP contribution in [0, 0.1) is 35.5 Å². The van der Waals surface area contributed by atoms with Gasteiger partial charge in [0.05, 0.1) is 30.0 Å². The Balaban J connectivity index is 1.74. The van der Waals surface area contributed by atoms with Gasteiger partial charge in [0.2, 0.25) is 5.79 Å². The first-order valence-corrected chi connectivity index (χ1v) is 9.66. The van der Waals surface area contributed by atoms with Crippen LogP contribution in [0.15, 0.2) is 24.3 Å². The smallest absolute Gasteiger partial charge is 0.234 e. The first-order valence-electron chi connectivity index (χ1n) is 9.66. The number of aliphatic hydroxyl groups excluding tert-OH is 2. The summed E-state index contributed by atoms with van der Waals surface area (Å²) in [7, 11) is 0. The minimum absolute atomic E-state index is 0.367. The van der Waals surface area contributed by atoms with Crippen LogP contribution in [0.5, 0.6) is 0 Å². The average Bonchev–Trinajstić information content (AvgIpc) is 2.97. The Morgan fingerprint density at radius 2 is 1.43 bits per heavy atom. The third kappa shape index (κ3) is 1.78. The molecule has 1 saturated heterocycles. The van der Waals surface area contributed by atoms with Gasteiger partial charge in [-0.05, 0) is 11.8 Å². The lowest BCUT2D eigenvalue weighted by molar-refractivity contribution is -0.267. The summed E-state index contributed by atoms with van der Waals surface area (Å²) in [5, 5.41) is 55.6. The molecule has 152 valence electrons. The fraction of sp³-hybridized carbons (Fsp3) is 0.700. The molecule has 0 unspecified atom stereocenters. The fourth-order valence-corrected chi connectivity index (χ4v) is 6.34. The van der Waals surface area contributed by atoms with Crippen molar-refractivity contribution in [2.24, 2.45) is 35.5 Å². The highest BCUT2D eigenvalue weighted by molar-refractivity contribution is 5.95. The standard InChI is InChI=1S/C20H24O8/c1-7-3-5-18(25)11-13(12(21)9(7)15(18)22)28-20(27)14(11)19(26)6-4-8(2)10(16(19)23)17(20)24/h3-11,13-16,22-23,25-27H,1-2H3/t7-,8-,9+,10-,11-,13-,14-,15-,16-,18+,19+,20-/m1/s1. The predicted octanol–water partition coefficient (Wildman–Crippen LogP) is -1.70. The molecule has 0 spiro atoms. The normalized spacial score (nSPS) is 61.9. The van der Waals surface area contributed by atoms with Crippen molar-refractivity contribution in [3.63, 3.8) is 0 Å². The summed E-state index contributed by atoms with van der Waals surface area (Å²) in [5.74, 6) is -9.61. The van der Waals surface area contributed by atoms with E-state index in [1.165, 1.54) is 12.2 Å². The molecule has 3 fully saturated rings. The number of rotatable bonds is 0. The zero-order valence-corrected chi connectivity index (χ0v) is 15.5. The lowest BCUT2D eigenvalue weighted by Gasteiger charge is -2.56. The molecule has 8 heteroatoms. The Kier molecular flexibility index (Phi) is 3.45. The molecule has 2 saturated carbocycles. The molecule has 0 aromatic heterocycles.